The summed E-state index contributed by atoms with van der Waals surface area (Å²) < 4.78 is 6.20. The summed E-state index contributed by atoms with van der Waals surface area (Å²) in [6, 6.07) is 6.26. The number of nitrogens with zero attached hydrogens (tertiary/aromatic N) is 3. The van der Waals surface area contributed by atoms with Crippen molar-refractivity contribution in [3.8, 4) is 5.69 Å². The average Bonchev–Trinajstić information content (AvgIpc) is 3.25. The lowest BCUT2D eigenvalue weighted by Crippen LogP contribution is -2.33. The Bertz CT molecular complexity index is 1030. The van der Waals surface area contributed by atoms with Crippen LogP contribution in [-0.4, -0.2) is 39.7 Å². The lowest BCUT2D eigenvalue weighted by atomic mass is 10.2. The van der Waals surface area contributed by atoms with Crippen LogP contribution in [0.2, 0.25) is 10.0 Å². The molecule has 0 bridgehead atoms. The Labute approximate surface area is 177 Å². The van der Waals surface area contributed by atoms with Gasteiger partial charge in [0.25, 0.3) is 11.5 Å². The smallest absolute Gasteiger partial charge is 0.340 e. The third-order valence-corrected chi connectivity index (χ3v) is 5.28. The summed E-state index contributed by atoms with van der Waals surface area (Å²) in [6.07, 6.45) is 6.03. The van der Waals surface area contributed by atoms with E-state index in [1.54, 1.807) is 17.0 Å². The number of benzene rings is 1. The number of carbonyl (C=O) groups is 2. The van der Waals surface area contributed by atoms with E-state index in [1.807, 2.05) is 13.0 Å². The van der Waals surface area contributed by atoms with Crippen molar-refractivity contribution < 1.29 is 14.3 Å². The Morgan fingerprint density at radius 2 is 2.03 bits per heavy atom. The van der Waals surface area contributed by atoms with E-state index in [4.69, 9.17) is 27.9 Å². The number of likely N-dealkylation sites (N-methyl/N-ethyl adjacent to an activating group) is 1. The molecule has 1 amide bonds. The van der Waals surface area contributed by atoms with Gasteiger partial charge in [0.15, 0.2) is 6.61 Å². The average molecular weight is 436 g/mol. The van der Waals surface area contributed by atoms with Crippen LogP contribution in [-0.2, 0) is 9.53 Å². The van der Waals surface area contributed by atoms with E-state index in [1.165, 1.54) is 18.3 Å². The van der Waals surface area contributed by atoms with Crippen LogP contribution in [0.4, 0.5) is 0 Å². The number of hydrogen-bond donors (Lipinski definition) is 0. The summed E-state index contributed by atoms with van der Waals surface area (Å²) in [5, 5.41) is 3.75. The minimum atomic E-state index is -0.745. The maximum absolute atomic E-state index is 12.6. The van der Waals surface area contributed by atoms with Crippen molar-refractivity contribution in [1.82, 2.24) is 14.7 Å². The molecule has 2 aromatic rings. The van der Waals surface area contributed by atoms with Gasteiger partial charge >= 0.3 is 5.97 Å². The van der Waals surface area contributed by atoms with Gasteiger partial charge in [0.1, 0.15) is 5.02 Å². The molecule has 7 nitrogen and oxygen atoms in total. The van der Waals surface area contributed by atoms with Crippen LogP contribution in [0.1, 0.15) is 36.5 Å². The van der Waals surface area contributed by atoms with Crippen molar-refractivity contribution in [2.75, 3.05) is 13.2 Å². The molecule has 1 aliphatic rings. The molecule has 0 unspecified atom stereocenters. The molecule has 1 aliphatic carbocycles. The number of para-hydroxylation sites is 1. The summed E-state index contributed by atoms with van der Waals surface area (Å²) in [5.41, 5.74) is 0.553. The highest BCUT2D eigenvalue weighted by Gasteiger charge is 2.22. The van der Waals surface area contributed by atoms with E-state index in [0.717, 1.165) is 29.6 Å². The number of esters is 1. The number of hydrogen-bond acceptors (Lipinski definition) is 5. The first-order valence-corrected chi connectivity index (χ1v) is 9.89. The van der Waals surface area contributed by atoms with E-state index in [9.17, 15) is 14.4 Å². The molecular weight excluding hydrogens is 417 g/mol. The predicted molar refractivity (Wildman–Crippen MR) is 109 cm³/mol. The quantitative estimate of drug-likeness (QED) is 0.647. The van der Waals surface area contributed by atoms with Gasteiger partial charge in [-0.1, -0.05) is 41.4 Å². The van der Waals surface area contributed by atoms with Gasteiger partial charge in [0.05, 0.1) is 22.5 Å². The van der Waals surface area contributed by atoms with Crippen LogP contribution < -0.4 is 5.56 Å². The highest BCUT2D eigenvalue weighted by molar-refractivity contribution is 6.41. The Hall–Kier alpha value is -2.64. The number of allylic oxidation sites excluding steroid dienone is 2. The maximum Gasteiger partial charge on any atom is 0.340 e. The largest absolute Gasteiger partial charge is 0.452 e. The highest BCUT2D eigenvalue weighted by Crippen LogP contribution is 2.22. The zero-order valence-electron chi connectivity index (χ0n) is 15.7. The first kappa shape index (κ1) is 21.1. The molecule has 152 valence electrons. The summed E-state index contributed by atoms with van der Waals surface area (Å²) in [7, 11) is 0. The second kappa shape index (κ2) is 9.24. The first-order chi connectivity index (χ1) is 13.9. The van der Waals surface area contributed by atoms with E-state index >= 15 is 0 Å². The molecule has 1 heterocycles. The topological polar surface area (TPSA) is 81.5 Å². The van der Waals surface area contributed by atoms with E-state index in [2.05, 4.69) is 5.10 Å². The third-order valence-electron chi connectivity index (χ3n) is 4.54. The standard InChI is InChI=1S/C20H19Cl2N3O4/c1-2-24(13-7-3-4-8-13)17(26)12-29-20(28)14-9-5-6-10-16(14)25-19(27)18(22)15(21)11-23-25/h5-7,9-11H,2-4,8,12H2,1H3. The molecule has 0 radical (unpaired) electrons. The molecule has 0 spiro atoms. The third kappa shape index (κ3) is 4.52. The second-order valence-corrected chi connectivity index (χ2v) is 7.13. The summed E-state index contributed by atoms with van der Waals surface area (Å²) in [6.45, 7) is 1.97. The van der Waals surface area contributed by atoms with E-state index in [-0.39, 0.29) is 27.2 Å². The van der Waals surface area contributed by atoms with E-state index in [0.29, 0.717) is 6.54 Å². The number of carbonyl (C=O) groups excluding carboxylic acids is 2. The van der Waals surface area contributed by atoms with Gasteiger partial charge in [-0.2, -0.15) is 9.78 Å². The molecule has 0 saturated heterocycles. The Kier molecular flexibility index (Phi) is 6.71. The first-order valence-electron chi connectivity index (χ1n) is 9.13. The van der Waals surface area contributed by atoms with Crippen molar-refractivity contribution in [2.24, 2.45) is 0 Å². The van der Waals surface area contributed by atoms with E-state index < -0.39 is 18.1 Å². The number of aromatic nitrogens is 2. The second-order valence-electron chi connectivity index (χ2n) is 6.34. The fourth-order valence-electron chi connectivity index (χ4n) is 3.14. The molecule has 0 N–H and O–H groups in total. The highest BCUT2D eigenvalue weighted by atomic mass is 35.5. The van der Waals surface area contributed by atoms with Crippen molar-refractivity contribution in [3.63, 3.8) is 0 Å². The summed E-state index contributed by atoms with van der Waals surface area (Å²) >= 11 is 11.7. The fraction of sp³-hybridized carbons (Fsp3) is 0.300. The van der Waals surface area contributed by atoms with Gasteiger partial charge in [-0.3, -0.25) is 9.59 Å². The monoisotopic (exact) mass is 435 g/mol. The molecule has 0 fully saturated rings. The SMILES string of the molecule is CCN(C(=O)COC(=O)c1ccccc1-n1ncc(Cl)c(Cl)c1=O)C1=CCCC1. The number of halogens is 2. The van der Waals surface area contributed by atoms with Crippen LogP contribution in [0, 0.1) is 0 Å². The fourth-order valence-corrected chi connectivity index (χ4v) is 3.39. The summed E-state index contributed by atoms with van der Waals surface area (Å²) in [5.74, 6) is -1.04. The van der Waals surface area contributed by atoms with Gasteiger partial charge in [-0.15, -0.1) is 0 Å². The minimum Gasteiger partial charge on any atom is -0.452 e. The predicted octanol–water partition coefficient (Wildman–Crippen LogP) is 3.61. The molecule has 1 aromatic carbocycles. The Balaban J connectivity index is 1.80. The van der Waals surface area contributed by atoms with Gasteiger partial charge in [0.2, 0.25) is 0 Å². The van der Waals surface area contributed by atoms with Gasteiger partial charge < -0.3 is 9.64 Å². The van der Waals surface area contributed by atoms with Crippen molar-refractivity contribution in [2.45, 2.75) is 26.2 Å². The lowest BCUT2D eigenvalue weighted by molar-refractivity contribution is -0.132. The molecule has 0 saturated carbocycles. The molecule has 1 aromatic heterocycles. The number of ether oxygens (including phenoxy) is 1. The molecule has 0 atom stereocenters. The van der Waals surface area contributed by atoms with Gasteiger partial charge in [-0.05, 0) is 38.3 Å². The van der Waals surface area contributed by atoms with Gasteiger partial charge in [0, 0.05) is 12.2 Å². The van der Waals surface area contributed by atoms with Crippen molar-refractivity contribution in [3.05, 3.63) is 68.2 Å². The minimum absolute atomic E-state index is 0.0134. The number of amides is 1. The Morgan fingerprint density at radius 3 is 2.72 bits per heavy atom. The lowest BCUT2D eigenvalue weighted by Gasteiger charge is -2.22. The zero-order valence-corrected chi connectivity index (χ0v) is 17.2. The molecule has 9 heteroatoms. The van der Waals surface area contributed by atoms with Gasteiger partial charge in [-0.25, -0.2) is 4.79 Å². The van der Waals surface area contributed by atoms with Crippen LogP contribution in [0.25, 0.3) is 5.69 Å². The Morgan fingerprint density at radius 1 is 1.28 bits per heavy atom. The van der Waals surface area contributed by atoms with Crippen LogP contribution >= 0.6 is 23.2 Å². The number of rotatable bonds is 6. The van der Waals surface area contributed by atoms with Crippen molar-refractivity contribution >= 4 is 35.1 Å². The normalized spacial score (nSPS) is 13.1. The van der Waals surface area contributed by atoms with Crippen LogP contribution in [0.3, 0.4) is 0 Å². The maximum atomic E-state index is 12.6. The van der Waals surface area contributed by atoms with Crippen LogP contribution in [0.15, 0.2) is 47.0 Å². The van der Waals surface area contributed by atoms with Crippen molar-refractivity contribution in [1.29, 1.82) is 0 Å². The zero-order chi connectivity index (χ0) is 21.0. The molecule has 29 heavy (non-hydrogen) atoms. The van der Waals surface area contributed by atoms with Crippen LogP contribution in [0.5, 0.6) is 0 Å². The molecule has 3 rings (SSSR count). The summed E-state index contributed by atoms with van der Waals surface area (Å²) in [4.78, 5) is 39.1. The molecule has 0 aliphatic heterocycles. The molecular formula is C20H19Cl2N3O4.